The molecule has 0 unspecified atom stereocenters. The van der Waals surface area contributed by atoms with Crippen LogP contribution in [0.1, 0.15) is 18.0 Å². The van der Waals surface area contributed by atoms with E-state index < -0.39 is 0 Å². The van der Waals surface area contributed by atoms with Crippen LogP contribution in [0.25, 0.3) is 0 Å². The van der Waals surface area contributed by atoms with Crippen molar-refractivity contribution in [3.63, 3.8) is 0 Å². The second-order valence-electron chi connectivity index (χ2n) is 2.02. The number of rotatable bonds is 1. The van der Waals surface area contributed by atoms with Crippen LogP contribution >= 0.6 is 27.5 Å². The van der Waals surface area contributed by atoms with Crippen molar-refractivity contribution in [2.75, 3.05) is 0 Å². The van der Waals surface area contributed by atoms with Crippen molar-refractivity contribution in [3.8, 4) is 0 Å². The number of hydrogen-bond acceptors (Lipinski definition) is 1. The molecule has 0 fully saturated rings. The normalized spacial score (nSPS) is 13.1. The molecule has 1 nitrogen and oxygen atoms in total. The van der Waals surface area contributed by atoms with Gasteiger partial charge in [0.05, 0.1) is 11.1 Å². The lowest BCUT2D eigenvalue weighted by molar-refractivity contribution is 0.993. The molecule has 0 N–H and O–H groups in total. The van der Waals surface area contributed by atoms with Gasteiger partial charge in [-0.2, -0.15) is 0 Å². The molecule has 10 heavy (non-hydrogen) atoms. The Balaban J connectivity index is 2.89. The monoisotopic (exact) mass is 219 g/mol. The first-order valence-corrected chi connectivity index (χ1v) is 4.18. The molecule has 0 aromatic carbocycles. The van der Waals surface area contributed by atoms with E-state index in [1.165, 1.54) is 0 Å². The van der Waals surface area contributed by atoms with Crippen molar-refractivity contribution in [2.24, 2.45) is 0 Å². The van der Waals surface area contributed by atoms with Crippen LogP contribution in [0.5, 0.6) is 0 Å². The number of alkyl halides is 1. The van der Waals surface area contributed by atoms with Gasteiger partial charge in [-0.05, 0) is 35.0 Å². The lowest BCUT2D eigenvalue weighted by atomic mass is 10.3. The van der Waals surface area contributed by atoms with Crippen LogP contribution in [-0.2, 0) is 0 Å². The molecule has 1 aromatic rings. The Bertz CT molecular complexity index is 207. The Morgan fingerprint density at radius 3 is 2.70 bits per heavy atom. The lowest BCUT2D eigenvalue weighted by Crippen LogP contribution is -1.87. The number of aromatic nitrogens is 1. The zero-order valence-corrected chi connectivity index (χ0v) is 7.85. The van der Waals surface area contributed by atoms with Crippen molar-refractivity contribution in [2.45, 2.75) is 12.3 Å². The van der Waals surface area contributed by atoms with E-state index in [0.717, 1.165) is 10.2 Å². The minimum atomic E-state index is -0.00639. The molecule has 0 aliphatic heterocycles. The van der Waals surface area contributed by atoms with Gasteiger partial charge in [0.2, 0.25) is 0 Å². The molecule has 0 saturated heterocycles. The van der Waals surface area contributed by atoms with E-state index in [9.17, 15) is 0 Å². The first kappa shape index (κ1) is 8.02. The predicted molar refractivity (Wildman–Crippen MR) is 46.2 cm³/mol. The van der Waals surface area contributed by atoms with Crippen molar-refractivity contribution >= 4 is 27.5 Å². The molecule has 3 heteroatoms. The summed E-state index contributed by atoms with van der Waals surface area (Å²) >= 11 is 9.07. The van der Waals surface area contributed by atoms with Crippen molar-refractivity contribution in [3.05, 3.63) is 28.5 Å². The summed E-state index contributed by atoms with van der Waals surface area (Å²) in [7, 11) is 0. The van der Waals surface area contributed by atoms with E-state index >= 15 is 0 Å². The Kier molecular flexibility index (Phi) is 2.69. The predicted octanol–water partition coefficient (Wildman–Crippen LogP) is 3.14. The topological polar surface area (TPSA) is 12.9 Å². The number of pyridine rings is 1. The van der Waals surface area contributed by atoms with Gasteiger partial charge in [-0.3, -0.25) is 4.98 Å². The van der Waals surface area contributed by atoms with Crippen molar-refractivity contribution in [1.29, 1.82) is 0 Å². The maximum absolute atomic E-state index is 5.78. The summed E-state index contributed by atoms with van der Waals surface area (Å²) in [5.74, 6) is 0. The molecule has 1 heterocycles. The third-order valence-electron chi connectivity index (χ3n) is 1.16. The highest BCUT2D eigenvalue weighted by Gasteiger charge is 2.00. The van der Waals surface area contributed by atoms with Gasteiger partial charge in [0.25, 0.3) is 0 Å². The summed E-state index contributed by atoms with van der Waals surface area (Å²) in [4.78, 5) is 4.10. The highest BCUT2D eigenvalue weighted by Crippen LogP contribution is 2.17. The fraction of sp³-hybridized carbons (Fsp3) is 0.286. The van der Waals surface area contributed by atoms with Gasteiger partial charge in [-0.1, -0.05) is 0 Å². The van der Waals surface area contributed by atoms with Crippen LogP contribution in [0, 0.1) is 0 Å². The van der Waals surface area contributed by atoms with E-state index in [1.54, 1.807) is 6.20 Å². The lowest BCUT2D eigenvalue weighted by Gasteiger charge is -1.99. The average molecular weight is 220 g/mol. The number of halogens is 2. The van der Waals surface area contributed by atoms with Gasteiger partial charge < -0.3 is 0 Å². The molecule has 1 rings (SSSR count). The maximum atomic E-state index is 5.78. The van der Waals surface area contributed by atoms with E-state index in [-0.39, 0.29) is 5.38 Å². The molecule has 0 radical (unpaired) electrons. The van der Waals surface area contributed by atoms with Gasteiger partial charge in [-0.25, -0.2) is 0 Å². The van der Waals surface area contributed by atoms with Gasteiger partial charge >= 0.3 is 0 Å². The summed E-state index contributed by atoms with van der Waals surface area (Å²) < 4.78 is 0.980. The van der Waals surface area contributed by atoms with Gasteiger partial charge in [0.15, 0.2) is 0 Å². The molecule has 0 aliphatic carbocycles. The largest absolute Gasteiger partial charge is 0.259 e. The summed E-state index contributed by atoms with van der Waals surface area (Å²) in [6.45, 7) is 1.90. The minimum Gasteiger partial charge on any atom is -0.259 e. The SMILES string of the molecule is C[C@H](Cl)c1ccc(Br)cn1. The molecule has 1 aromatic heterocycles. The molecule has 0 amide bonds. The second-order valence-corrected chi connectivity index (χ2v) is 3.59. The van der Waals surface area contributed by atoms with Crippen LogP contribution in [-0.4, -0.2) is 4.98 Å². The third-order valence-corrected chi connectivity index (χ3v) is 1.85. The zero-order chi connectivity index (χ0) is 7.56. The molecular weight excluding hydrogens is 213 g/mol. The molecular formula is C7H7BrClN. The zero-order valence-electron chi connectivity index (χ0n) is 5.51. The highest BCUT2D eigenvalue weighted by atomic mass is 79.9. The Labute approximate surface area is 73.6 Å². The minimum absolute atomic E-state index is 0.00639. The van der Waals surface area contributed by atoms with E-state index in [0.29, 0.717) is 0 Å². The molecule has 0 aliphatic rings. The standard InChI is InChI=1S/C7H7BrClN/c1-5(9)7-3-2-6(8)4-10-7/h2-5H,1H3/t5-/m0/s1. The van der Waals surface area contributed by atoms with Crippen molar-refractivity contribution < 1.29 is 0 Å². The Morgan fingerprint density at radius 1 is 1.60 bits per heavy atom. The van der Waals surface area contributed by atoms with E-state index in [2.05, 4.69) is 20.9 Å². The average Bonchev–Trinajstić information content (AvgIpc) is 1.88. The number of hydrogen-bond donors (Lipinski definition) is 0. The van der Waals surface area contributed by atoms with Crippen LogP contribution in [0.3, 0.4) is 0 Å². The first-order chi connectivity index (χ1) is 4.70. The molecule has 0 bridgehead atoms. The fourth-order valence-corrected chi connectivity index (χ4v) is 0.986. The van der Waals surface area contributed by atoms with Gasteiger partial charge in [0, 0.05) is 10.7 Å². The third kappa shape index (κ3) is 1.96. The molecule has 1 atom stereocenters. The molecule has 0 spiro atoms. The highest BCUT2D eigenvalue weighted by molar-refractivity contribution is 9.10. The molecule has 54 valence electrons. The maximum Gasteiger partial charge on any atom is 0.0729 e. The Hall–Kier alpha value is -0.0800. The van der Waals surface area contributed by atoms with Crippen LogP contribution in [0.2, 0.25) is 0 Å². The Morgan fingerprint density at radius 2 is 2.30 bits per heavy atom. The van der Waals surface area contributed by atoms with E-state index in [4.69, 9.17) is 11.6 Å². The summed E-state index contributed by atoms with van der Waals surface area (Å²) in [5, 5.41) is -0.00639. The summed E-state index contributed by atoms with van der Waals surface area (Å²) in [6, 6.07) is 3.84. The van der Waals surface area contributed by atoms with Crippen molar-refractivity contribution in [1.82, 2.24) is 4.98 Å². The quantitative estimate of drug-likeness (QED) is 0.663. The van der Waals surface area contributed by atoms with E-state index in [1.807, 2.05) is 19.1 Å². The summed E-state index contributed by atoms with van der Waals surface area (Å²) in [5.41, 5.74) is 0.907. The fourth-order valence-electron chi connectivity index (χ4n) is 0.623. The molecule has 0 saturated carbocycles. The second kappa shape index (κ2) is 3.35. The summed E-state index contributed by atoms with van der Waals surface area (Å²) in [6.07, 6.45) is 1.74. The van der Waals surface area contributed by atoms with Gasteiger partial charge in [0.1, 0.15) is 0 Å². The smallest absolute Gasteiger partial charge is 0.0729 e. The van der Waals surface area contributed by atoms with Crippen LogP contribution in [0.15, 0.2) is 22.8 Å². The van der Waals surface area contributed by atoms with Crippen LogP contribution in [0.4, 0.5) is 0 Å². The van der Waals surface area contributed by atoms with Gasteiger partial charge in [-0.15, -0.1) is 11.6 Å². The van der Waals surface area contributed by atoms with Crippen LogP contribution < -0.4 is 0 Å². The first-order valence-electron chi connectivity index (χ1n) is 2.95. The number of nitrogens with zero attached hydrogens (tertiary/aromatic N) is 1.